The molecule has 2 aromatic rings. The summed E-state index contributed by atoms with van der Waals surface area (Å²) in [5.74, 6) is -1.83. The molecule has 0 saturated heterocycles. The molecule has 2 rings (SSSR count). The van der Waals surface area contributed by atoms with E-state index in [9.17, 15) is 13.6 Å². The van der Waals surface area contributed by atoms with Gasteiger partial charge in [-0.05, 0) is 36.2 Å². The van der Waals surface area contributed by atoms with E-state index in [-0.39, 0.29) is 18.1 Å². The van der Waals surface area contributed by atoms with E-state index in [0.29, 0.717) is 0 Å². The van der Waals surface area contributed by atoms with Crippen molar-refractivity contribution in [1.82, 2.24) is 0 Å². The lowest BCUT2D eigenvalue weighted by Gasteiger charge is -2.08. The van der Waals surface area contributed by atoms with E-state index in [1.807, 2.05) is 24.3 Å². The molecule has 0 atom stereocenters. The molecule has 0 unspecified atom stereocenters. The number of nitrogens with one attached hydrogen (secondary N) is 2. The second-order valence-corrected chi connectivity index (χ2v) is 4.61. The summed E-state index contributed by atoms with van der Waals surface area (Å²) in [6, 6.07) is 10.6. The number of halogens is 2. The predicted octanol–water partition coefficient (Wildman–Crippen LogP) is 3.58. The number of benzene rings is 2. The minimum Gasteiger partial charge on any atom is -0.376 e. The summed E-state index contributed by atoms with van der Waals surface area (Å²) >= 11 is 0. The first-order chi connectivity index (χ1) is 10.1. The Hall–Kier alpha value is -2.43. The minimum absolute atomic E-state index is 0.0175. The molecule has 0 radical (unpaired) electrons. The molecule has 0 saturated carbocycles. The molecule has 1 amide bonds. The lowest BCUT2D eigenvalue weighted by Crippen LogP contribution is -2.21. The van der Waals surface area contributed by atoms with Crippen LogP contribution in [0.4, 0.5) is 20.2 Å². The van der Waals surface area contributed by atoms with Crippen LogP contribution in [0.5, 0.6) is 0 Å². The number of amides is 1. The summed E-state index contributed by atoms with van der Waals surface area (Å²) in [5, 5.41) is 5.38. The number of hydrogen-bond acceptors (Lipinski definition) is 2. The Morgan fingerprint density at radius 3 is 2.19 bits per heavy atom. The van der Waals surface area contributed by atoms with Crippen LogP contribution in [-0.4, -0.2) is 12.5 Å². The Kier molecular flexibility index (Phi) is 4.87. The van der Waals surface area contributed by atoms with E-state index < -0.39 is 11.6 Å². The maximum atomic E-state index is 13.0. The molecule has 21 heavy (non-hydrogen) atoms. The second-order valence-electron chi connectivity index (χ2n) is 4.61. The van der Waals surface area contributed by atoms with Gasteiger partial charge < -0.3 is 10.6 Å². The number of carbonyl (C=O) groups is 1. The van der Waals surface area contributed by atoms with Crippen LogP contribution in [0.1, 0.15) is 12.5 Å². The fraction of sp³-hybridized carbons (Fsp3) is 0.188. The molecular weight excluding hydrogens is 274 g/mol. The summed E-state index contributed by atoms with van der Waals surface area (Å²) in [6.45, 7) is 2.08. The van der Waals surface area contributed by atoms with Gasteiger partial charge in [-0.3, -0.25) is 4.79 Å². The van der Waals surface area contributed by atoms with Gasteiger partial charge in [0, 0.05) is 17.4 Å². The van der Waals surface area contributed by atoms with Gasteiger partial charge in [-0.15, -0.1) is 0 Å². The Balaban J connectivity index is 1.89. The van der Waals surface area contributed by atoms with Gasteiger partial charge in [0.25, 0.3) is 0 Å². The highest BCUT2D eigenvalue weighted by atomic mass is 19.1. The molecule has 0 aromatic heterocycles. The number of anilines is 2. The Morgan fingerprint density at radius 1 is 1.00 bits per heavy atom. The van der Waals surface area contributed by atoms with Crippen LogP contribution in [0.3, 0.4) is 0 Å². The molecule has 0 aliphatic carbocycles. The molecule has 0 spiro atoms. The van der Waals surface area contributed by atoms with Crippen molar-refractivity contribution in [3.63, 3.8) is 0 Å². The summed E-state index contributed by atoms with van der Waals surface area (Å²) < 4.78 is 26.0. The highest BCUT2D eigenvalue weighted by molar-refractivity contribution is 5.93. The maximum absolute atomic E-state index is 13.0. The SMILES string of the molecule is CCc1ccc(NCC(=O)Nc2cc(F)cc(F)c2)cc1. The third kappa shape index (κ3) is 4.56. The summed E-state index contributed by atoms with van der Waals surface area (Å²) in [5.41, 5.74) is 2.12. The fourth-order valence-corrected chi connectivity index (χ4v) is 1.87. The van der Waals surface area contributed by atoms with Crippen molar-refractivity contribution in [1.29, 1.82) is 0 Å². The quantitative estimate of drug-likeness (QED) is 0.883. The Morgan fingerprint density at radius 2 is 1.62 bits per heavy atom. The van der Waals surface area contributed by atoms with Gasteiger partial charge in [0.2, 0.25) is 5.91 Å². The molecule has 5 heteroatoms. The average Bonchev–Trinajstić information content (AvgIpc) is 2.44. The third-order valence-electron chi connectivity index (χ3n) is 2.96. The van der Waals surface area contributed by atoms with Crippen LogP contribution < -0.4 is 10.6 Å². The van der Waals surface area contributed by atoms with E-state index in [1.165, 1.54) is 5.56 Å². The Labute approximate surface area is 122 Å². The second kappa shape index (κ2) is 6.83. The van der Waals surface area contributed by atoms with Gasteiger partial charge in [0.05, 0.1) is 6.54 Å². The number of rotatable bonds is 5. The molecule has 0 aliphatic rings. The van der Waals surface area contributed by atoms with Crippen LogP contribution in [0.25, 0.3) is 0 Å². The lowest BCUT2D eigenvalue weighted by molar-refractivity contribution is -0.114. The van der Waals surface area contributed by atoms with Gasteiger partial charge in [-0.1, -0.05) is 19.1 Å². The van der Waals surface area contributed by atoms with Crippen LogP contribution in [-0.2, 0) is 11.2 Å². The van der Waals surface area contributed by atoms with Crippen molar-refractivity contribution in [3.8, 4) is 0 Å². The molecule has 0 fully saturated rings. The van der Waals surface area contributed by atoms with Gasteiger partial charge in [-0.2, -0.15) is 0 Å². The monoisotopic (exact) mass is 290 g/mol. The van der Waals surface area contributed by atoms with Crippen molar-refractivity contribution in [2.75, 3.05) is 17.2 Å². The molecule has 110 valence electrons. The first-order valence-electron chi connectivity index (χ1n) is 6.65. The molecule has 3 nitrogen and oxygen atoms in total. The van der Waals surface area contributed by atoms with E-state index >= 15 is 0 Å². The van der Waals surface area contributed by atoms with E-state index in [1.54, 1.807) is 0 Å². The fourth-order valence-electron chi connectivity index (χ4n) is 1.87. The number of hydrogen-bond donors (Lipinski definition) is 2. The van der Waals surface area contributed by atoms with Crippen LogP contribution >= 0.6 is 0 Å². The van der Waals surface area contributed by atoms with Gasteiger partial charge in [-0.25, -0.2) is 8.78 Å². The van der Waals surface area contributed by atoms with Crippen molar-refractivity contribution in [3.05, 3.63) is 59.7 Å². The van der Waals surface area contributed by atoms with Gasteiger partial charge >= 0.3 is 0 Å². The number of aryl methyl sites for hydroxylation is 1. The zero-order valence-corrected chi connectivity index (χ0v) is 11.6. The normalized spacial score (nSPS) is 10.2. The van der Waals surface area contributed by atoms with E-state index in [2.05, 4.69) is 17.6 Å². The zero-order valence-electron chi connectivity index (χ0n) is 11.6. The highest BCUT2D eigenvalue weighted by Gasteiger charge is 2.05. The van der Waals surface area contributed by atoms with Crippen molar-refractivity contribution >= 4 is 17.3 Å². The number of carbonyl (C=O) groups excluding carboxylic acids is 1. The summed E-state index contributed by atoms with van der Waals surface area (Å²) in [4.78, 5) is 11.7. The lowest BCUT2D eigenvalue weighted by atomic mass is 10.1. The molecule has 0 aliphatic heterocycles. The summed E-state index contributed by atoms with van der Waals surface area (Å²) in [6.07, 6.45) is 0.950. The van der Waals surface area contributed by atoms with Gasteiger partial charge in [0.1, 0.15) is 11.6 Å². The maximum Gasteiger partial charge on any atom is 0.243 e. The molecule has 0 bridgehead atoms. The van der Waals surface area contributed by atoms with Crippen LogP contribution in [0.2, 0.25) is 0 Å². The van der Waals surface area contributed by atoms with Crippen LogP contribution in [0.15, 0.2) is 42.5 Å². The van der Waals surface area contributed by atoms with Crippen molar-refractivity contribution < 1.29 is 13.6 Å². The first-order valence-corrected chi connectivity index (χ1v) is 6.65. The third-order valence-corrected chi connectivity index (χ3v) is 2.96. The van der Waals surface area contributed by atoms with Gasteiger partial charge in [0.15, 0.2) is 0 Å². The smallest absolute Gasteiger partial charge is 0.243 e. The molecule has 2 aromatic carbocycles. The van der Waals surface area contributed by atoms with Crippen molar-refractivity contribution in [2.24, 2.45) is 0 Å². The first kappa shape index (κ1) is 15.0. The van der Waals surface area contributed by atoms with Crippen molar-refractivity contribution in [2.45, 2.75) is 13.3 Å². The summed E-state index contributed by atoms with van der Waals surface area (Å²) in [7, 11) is 0. The largest absolute Gasteiger partial charge is 0.376 e. The highest BCUT2D eigenvalue weighted by Crippen LogP contribution is 2.13. The minimum atomic E-state index is -0.728. The van der Waals surface area contributed by atoms with E-state index in [4.69, 9.17) is 0 Å². The standard InChI is InChI=1S/C16H16F2N2O/c1-2-11-3-5-14(6-4-11)19-10-16(21)20-15-8-12(17)7-13(18)9-15/h3-9,19H,2,10H2,1H3,(H,20,21). The van der Waals surface area contributed by atoms with Crippen LogP contribution in [0, 0.1) is 11.6 Å². The van der Waals surface area contributed by atoms with E-state index in [0.717, 1.165) is 30.3 Å². The molecular formula is C16H16F2N2O. The topological polar surface area (TPSA) is 41.1 Å². The predicted molar refractivity (Wildman–Crippen MR) is 79.3 cm³/mol. The zero-order chi connectivity index (χ0) is 15.2. The molecule has 2 N–H and O–H groups in total. The Bertz CT molecular complexity index is 606. The molecule has 0 heterocycles. The average molecular weight is 290 g/mol.